The monoisotopic (exact) mass is 490 g/mol. The van der Waals surface area contributed by atoms with E-state index >= 15 is 0 Å². The molecule has 0 radical (unpaired) electrons. The molecule has 12 heteroatoms. The average molecular weight is 491 g/mol. The lowest BCUT2D eigenvalue weighted by atomic mass is 10.1. The van der Waals surface area contributed by atoms with E-state index in [1.807, 2.05) is 60.7 Å². The van der Waals surface area contributed by atoms with E-state index < -0.39 is 12.2 Å². The summed E-state index contributed by atoms with van der Waals surface area (Å²) in [5, 5.41) is 57.7. The van der Waals surface area contributed by atoms with Crippen LogP contribution in [-0.4, -0.2) is 51.2 Å². The van der Waals surface area contributed by atoms with Gasteiger partial charge in [-0.3, -0.25) is 9.13 Å². The Morgan fingerprint density at radius 3 is 1.41 bits per heavy atom. The van der Waals surface area contributed by atoms with Gasteiger partial charge in [0.2, 0.25) is 0 Å². The highest BCUT2D eigenvalue weighted by molar-refractivity contribution is 7.99. The van der Waals surface area contributed by atoms with Crippen molar-refractivity contribution < 1.29 is 10.2 Å². The molecule has 170 valence electrons. The summed E-state index contributed by atoms with van der Waals surface area (Å²) < 4.78 is 3.20. The predicted molar refractivity (Wildman–Crippen MR) is 125 cm³/mol. The minimum Gasteiger partial charge on any atom is -0.382 e. The van der Waals surface area contributed by atoms with E-state index in [9.17, 15) is 10.2 Å². The summed E-state index contributed by atoms with van der Waals surface area (Å²) >= 11 is 2.34. The number of nitriles is 2. The standard InChI is InChI=1S/C22H18N8O2S2/c23-11-13-33-21-27-25-19(29(21)15-7-3-1-4-8-15)17(31)18(32)20-26-28-22(34-14-12-24)30(20)16-9-5-2-6-10-16/h1-10,17-18,31-32H,13-14H2/t17-,18+. The lowest BCUT2D eigenvalue weighted by Crippen LogP contribution is -2.19. The van der Waals surface area contributed by atoms with Gasteiger partial charge in [-0.15, -0.1) is 20.4 Å². The van der Waals surface area contributed by atoms with E-state index in [-0.39, 0.29) is 23.2 Å². The summed E-state index contributed by atoms with van der Waals surface area (Å²) in [7, 11) is 0. The van der Waals surface area contributed by atoms with Gasteiger partial charge in [-0.05, 0) is 24.3 Å². The van der Waals surface area contributed by atoms with Crippen LogP contribution in [0.1, 0.15) is 23.9 Å². The van der Waals surface area contributed by atoms with Crippen LogP contribution in [0.4, 0.5) is 0 Å². The van der Waals surface area contributed by atoms with E-state index in [4.69, 9.17) is 10.5 Å². The minimum atomic E-state index is -1.51. The van der Waals surface area contributed by atoms with Crippen LogP contribution in [0.15, 0.2) is 71.0 Å². The molecule has 2 aromatic carbocycles. The first kappa shape index (κ1) is 23.5. The first-order valence-corrected chi connectivity index (χ1v) is 12.0. The number of hydrogen-bond acceptors (Lipinski definition) is 10. The summed E-state index contributed by atoms with van der Waals surface area (Å²) in [5.41, 5.74) is 1.34. The van der Waals surface area contributed by atoms with Gasteiger partial charge in [0.25, 0.3) is 0 Å². The number of rotatable bonds is 9. The van der Waals surface area contributed by atoms with Crippen molar-refractivity contribution in [2.24, 2.45) is 0 Å². The molecule has 2 N–H and O–H groups in total. The highest BCUT2D eigenvalue weighted by atomic mass is 32.2. The Kier molecular flexibility index (Phi) is 7.57. The molecule has 0 aliphatic heterocycles. The second-order valence-electron chi connectivity index (χ2n) is 6.81. The summed E-state index contributed by atoms with van der Waals surface area (Å²) in [4.78, 5) is 0. The summed E-state index contributed by atoms with van der Waals surface area (Å²) in [6.45, 7) is 0. The zero-order valence-corrected chi connectivity index (χ0v) is 19.3. The molecule has 0 aliphatic rings. The topological polar surface area (TPSA) is 149 Å². The molecular formula is C22H18N8O2S2. The highest BCUT2D eigenvalue weighted by Crippen LogP contribution is 2.33. The second-order valence-corrected chi connectivity index (χ2v) is 8.69. The summed E-state index contributed by atoms with van der Waals surface area (Å²) in [6, 6.07) is 22.3. The van der Waals surface area contributed by atoms with Gasteiger partial charge in [0.15, 0.2) is 22.0 Å². The zero-order valence-electron chi connectivity index (χ0n) is 17.6. The Labute approximate surface area is 203 Å². The maximum atomic E-state index is 11.2. The molecule has 0 aliphatic carbocycles. The fraction of sp³-hybridized carbons (Fsp3) is 0.182. The van der Waals surface area contributed by atoms with Gasteiger partial charge in [-0.2, -0.15) is 10.5 Å². The van der Waals surface area contributed by atoms with Gasteiger partial charge >= 0.3 is 0 Å². The van der Waals surface area contributed by atoms with Gasteiger partial charge < -0.3 is 10.2 Å². The van der Waals surface area contributed by atoms with E-state index in [1.165, 1.54) is 23.5 Å². The number of hydrogen-bond donors (Lipinski definition) is 2. The van der Waals surface area contributed by atoms with Crippen molar-refractivity contribution in [3.05, 3.63) is 72.3 Å². The Balaban J connectivity index is 1.76. The highest BCUT2D eigenvalue weighted by Gasteiger charge is 2.32. The van der Waals surface area contributed by atoms with E-state index in [1.54, 1.807) is 9.13 Å². The fourth-order valence-corrected chi connectivity index (χ4v) is 4.49. The maximum absolute atomic E-state index is 11.2. The number of aliphatic hydroxyl groups excluding tert-OH is 2. The number of benzene rings is 2. The molecule has 2 atom stereocenters. The van der Waals surface area contributed by atoms with Gasteiger partial charge in [0.1, 0.15) is 12.2 Å². The van der Waals surface area contributed by atoms with Crippen molar-refractivity contribution in [3.8, 4) is 23.5 Å². The molecule has 0 unspecified atom stereocenters. The number of aromatic nitrogens is 6. The van der Waals surface area contributed by atoms with Crippen molar-refractivity contribution in [2.75, 3.05) is 11.5 Å². The van der Waals surface area contributed by atoms with Crippen molar-refractivity contribution in [3.63, 3.8) is 0 Å². The molecule has 0 bridgehead atoms. The molecule has 2 heterocycles. The second kappa shape index (κ2) is 11.0. The molecule has 2 aromatic heterocycles. The lowest BCUT2D eigenvalue weighted by Gasteiger charge is -2.19. The van der Waals surface area contributed by atoms with Crippen LogP contribution in [0.3, 0.4) is 0 Å². The van der Waals surface area contributed by atoms with Crippen molar-refractivity contribution in [1.29, 1.82) is 10.5 Å². The Morgan fingerprint density at radius 1 is 0.676 bits per heavy atom. The van der Waals surface area contributed by atoms with Gasteiger partial charge in [0.05, 0.1) is 23.6 Å². The Bertz CT molecular complexity index is 1220. The van der Waals surface area contributed by atoms with Crippen LogP contribution in [0.5, 0.6) is 0 Å². The molecule has 0 fully saturated rings. The van der Waals surface area contributed by atoms with Crippen LogP contribution >= 0.6 is 23.5 Å². The molecule has 0 saturated carbocycles. The van der Waals surface area contributed by atoms with Gasteiger partial charge in [0, 0.05) is 11.4 Å². The number of aliphatic hydroxyl groups is 2. The third-order valence-corrected chi connectivity index (χ3v) is 6.30. The van der Waals surface area contributed by atoms with Gasteiger partial charge in [-0.25, -0.2) is 0 Å². The lowest BCUT2D eigenvalue weighted by molar-refractivity contribution is 0.00399. The van der Waals surface area contributed by atoms with E-state index in [0.717, 1.165) is 0 Å². The van der Waals surface area contributed by atoms with Crippen molar-refractivity contribution in [2.45, 2.75) is 22.5 Å². The summed E-state index contributed by atoms with van der Waals surface area (Å²) in [6.07, 6.45) is -3.02. The first-order valence-electron chi connectivity index (χ1n) is 10.0. The molecule has 10 nitrogen and oxygen atoms in total. The maximum Gasteiger partial charge on any atom is 0.196 e. The van der Waals surface area contributed by atoms with Crippen LogP contribution < -0.4 is 0 Å². The average Bonchev–Trinajstić information content (AvgIpc) is 3.50. The molecule has 0 amide bonds. The van der Waals surface area contributed by atoms with E-state index in [0.29, 0.717) is 21.7 Å². The fourth-order valence-electron chi connectivity index (χ4n) is 3.25. The number of para-hydroxylation sites is 2. The molecule has 0 spiro atoms. The molecule has 4 rings (SSSR count). The first-order chi connectivity index (χ1) is 16.7. The van der Waals surface area contributed by atoms with E-state index in [2.05, 4.69) is 32.5 Å². The van der Waals surface area contributed by atoms with Crippen molar-refractivity contribution >= 4 is 23.5 Å². The molecule has 4 aromatic rings. The van der Waals surface area contributed by atoms with Crippen LogP contribution in [0.25, 0.3) is 11.4 Å². The zero-order chi connectivity index (χ0) is 23.9. The Hall–Kier alpha value is -3.68. The third-order valence-electron chi connectivity index (χ3n) is 4.71. The Morgan fingerprint density at radius 2 is 1.06 bits per heavy atom. The molecular weight excluding hydrogens is 472 g/mol. The van der Waals surface area contributed by atoms with Crippen LogP contribution in [0.2, 0.25) is 0 Å². The number of nitrogens with zero attached hydrogens (tertiary/aromatic N) is 8. The normalized spacial score (nSPS) is 12.6. The largest absolute Gasteiger partial charge is 0.382 e. The van der Waals surface area contributed by atoms with Crippen LogP contribution in [-0.2, 0) is 0 Å². The third kappa shape index (κ3) is 4.81. The number of thioether (sulfide) groups is 2. The summed E-state index contributed by atoms with van der Waals surface area (Å²) in [5.74, 6) is 0.470. The molecule has 34 heavy (non-hydrogen) atoms. The minimum absolute atomic E-state index is 0.0907. The van der Waals surface area contributed by atoms with Gasteiger partial charge in [-0.1, -0.05) is 59.9 Å². The van der Waals surface area contributed by atoms with Crippen LogP contribution in [0, 0.1) is 22.7 Å². The SMILES string of the molecule is N#CCSc1nnc([C@@H](O)[C@@H](O)c2nnc(SCC#N)n2-c2ccccc2)n1-c1ccccc1. The quantitative estimate of drug-likeness (QED) is 0.335. The predicted octanol–water partition coefficient (Wildman–Crippen LogP) is 2.85. The molecule has 0 saturated heterocycles. The van der Waals surface area contributed by atoms with Crippen molar-refractivity contribution in [1.82, 2.24) is 29.5 Å². The smallest absolute Gasteiger partial charge is 0.196 e.